The Hall–Kier alpha value is -1.62. The van der Waals surface area contributed by atoms with E-state index in [-0.39, 0.29) is 18.3 Å². The van der Waals surface area contributed by atoms with Crippen molar-refractivity contribution in [1.29, 1.82) is 0 Å². The SMILES string of the molecule is Cl.O=C(Cc1cccc2ccccc12)NCCCN1CCNCC1. The Morgan fingerprint density at radius 2 is 1.83 bits per heavy atom. The summed E-state index contributed by atoms with van der Waals surface area (Å²) in [4.78, 5) is 14.6. The number of fused-ring (bicyclic) bond motifs is 1. The Bertz CT molecular complexity index is 651. The summed E-state index contributed by atoms with van der Waals surface area (Å²) in [6.07, 6.45) is 1.47. The van der Waals surface area contributed by atoms with Crippen LogP contribution in [0.2, 0.25) is 0 Å². The zero-order valence-electron chi connectivity index (χ0n) is 14.0. The monoisotopic (exact) mass is 347 g/mol. The molecule has 0 aliphatic carbocycles. The van der Waals surface area contributed by atoms with Crippen molar-refractivity contribution in [3.05, 3.63) is 48.0 Å². The number of amides is 1. The number of carbonyl (C=O) groups is 1. The first-order valence-electron chi connectivity index (χ1n) is 8.49. The minimum atomic E-state index is 0. The molecule has 2 aromatic rings. The van der Waals surface area contributed by atoms with Crippen LogP contribution in [0, 0.1) is 0 Å². The van der Waals surface area contributed by atoms with Crippen LogP contribution in [0.1, 0.15) is 12.0 Å². The first kappa shape index (κ1) is 18.7. The summed E-state index contributed by atoms with van der Waals surface area (Å²) in [5.74, 6) is 0.113. The number of rotatable bonds is 6. The van der Waals surface area contributed by atoms with E-state index in [1.165, 1.54) is 10.8 Å². The number of halogens is 1. The molecule has 3 rings (SSSR count). The van der Waals surface area contributed by atoms with Gasteiger partial charge in [0.2, 0.25) is 5.91 Å². The van der Waals surface area contributed by atoms with Gasteiger partial charge in [-0.15, -0.1) is 12.4 Å². The zero-order chi connectivity index (χ0) is 15.9. The number of piperazine rings is 1. The predicted molar refractivity (Wildman–Crippen MR) is 102 cm³/mol. The Morgan fingerprint density at radius 1 is 1.08 bits per heavy atom. The van der Waals surface area contributed by atoms with Gasteiger partial charge in [0.15, 0.2) is 0 Å². The van der Waals surface area contributed by atoms with E-state index in [1.807, 2.05) is 24.3 Å². The summed E-state index contributed by atoms with van der Waals surface area (Å²) in [5, 5.41) is 8.77. The van der Waals surface area contributed by atoms with E-state index in [1.54, 1.807) is 0 Å². The van der Waals surface area contributed by atoms with Crippen LogP contribution in [0.15, 0.2) is 42.5 Å². The van der Waals surface area contributed by atoms with Gasteiger partial charge in [0, 0.05) is 32.7 Å². The normalized spacial score (nSPS) is 15.0. The lowest BCUT2D eigenvalue weighted by Crippen LogP contribution is -2.44. The smallest absolute Gasteiger partial charge is 0.224 e. The maximum Gasteiger partial charge on any atom is 0.224 e. The van der Waals surface area contributed by atoms with Crippen LogP contribution in [0.4, 0.5) is 0 Å². The highest BCUT2D eigenvalue weighted by atomic mass is 35.5. The third kappa shape index (κ3) is 5.20. The zero-order valence-corrected chi connectivity index (χ0v) is 14.8. The lowest BCUT2D eigenvalue weighted by molar-refractivity contribution is -0.120. The molecule has 2 aromatic carbocycles. The second-order valence-electron chi connectivity index (χ2n) is 6.11. The van der Waals surface area contributed by atoms with Crippen molar-refractivity contribution < 1.29 is 4.79 Å². The van der Waals surface area contributed by atoms with Gasteiger partial charge in [-0.1, -0.05) is 42.5 Å². The van der Waals surface area contributed by atoms with E-state index in [0.717, 1.165) is 51.3 Å². The summed E-state index contributed by atoms with van der Waals surface area (Å²) in [5.41, 5.74) is 1.10. The lowest BCUT2D eigenvalue weighted by atomic mass is 10.0. The minimum Gasteiger partial charge on any atom is -0.356 e. The topological polar surface area (TPSA) is 44.4 Å². The largest absolute Gasteiger partial charge is 0.356 e. The van der Waals surface area contributed by atoms with Gasteiger partial charge < -0.3 is 15.5 Å². The molecule has 24 heavy (non-hydrogen) atoms. The number of nitrogens with zero attached hydrogens (tertiary/aromatic N) is 1. The summed E-state index contributed by atoms with van der Waals surface area (Å²) < 4.78 is 0. The number of hydrogen-bond acceptors (Lipinski definition) is 3. The van der Waals surface area contributed by atoms with E-state index in [9.17, 15) is 4.79 Å². The maximum absolute atomic E-state index is 12.2. The van der Waals surface area contributed by atoms with Crippen molar-refractivity contribution in [2.24, 2.45) is 0 Å². The fourth-order valence-electron chi connectivity index (χ4n) is 3.15. The van der Waals surface area contributed by atoms with E-state index in [0.29, 0.717) is 6.42 Å². The summed E-state index contributed by atoms with van der Waals surface area (Å²) in [6.45, 7) is 6.21. The van der Waals surface area contributed by atoms with E-state index >= 15 is 0 Å². The second kappa shape index (κ2) is 9.62. The van der Waals surface area contributed by atoms with Crippen molar-refractivity contribution in [2.75, 3.05) is 39.3 Å². The third-order valence-corrected chi connectivity index (χ3v) is 4.41. The molecular formula is C19H26ClN3O. The molecule has 0 radical (unpaired) electrons. The lowest BCUT2D eigenvalue weighted by Gasteiger charge is -2.27. The molecule has 130 valence electrons. The molecule has 1 aliphatic heterocycles. The van der Waals surface area contributed by atoms with Crippen LogP contribution in [-0.4, -0.2) is 50.1 Å². The Labute approximate surface area is 150 Å². The van der Waals surface area contributed by atoms with Crippen LogP contribution in [0.3, 0.4) is 0 Å². The highest BCUT2D eigenvalue weighted by Crippen LogP contribution is 2.18. The van der Waals surface area contributed by atoms with Gasteiger partial charge in [-0.25, -0.2) is 0 Å². The summed E-state index contributed by atoms with van der Waals surface area (Å²) in [6, 6.07) is 14.4. The average Bonchev–Trinajstić information content (AvgIpc) is 2.60. The highest BCUT2D eigenvalue weighted by Gasteiger charge is 2.09. The molecule has 1 amide bonds. The number of benzene rings is 2. The molecule has 0 bridgehead atoms. The molecule has 2 N–H and O–H groups in total. The van der Waals surface area contributed by atoms with E-state index < -0.39 is 0 Å². The molecule has 0 saturated carbocycles. The Balaban J connectivity index is 0.00000208. The van der Waals surface area contributed by atoms with Crippen LogP contribution in [0.25, 0.3) is 10.8 Å². The van der Waals surface area contributed by atoms with Crippen molar-refractivity contribution in [3.63, 3.8) is 0 Å². The number of carbonyl (C=O) groups excluding carboxylic acids is 1. The molecular weight excluding hydrogens is 322 g/mol. The number of nitrogens with one attached hydrogen (secondary N) is 2. The van der Waals surface area contributed by atoms with Crippen molar-refractivity contribution >= 4 is 29.1 Å². The standard InChI is InChI=1S/C19H25N3O.ClH/c23-19(21-9-4-12-22-13-10-20-11-14-22)15-17-7-3-6-16-5-1-2-8-18(16)17;/h1-3,5-8,20H,4,9-15H2,(H,21,23);1H. The van der Waals surface area contributed by atoms with Crippen LogP contribution in [0.5, 0.6) is 0 Å². The predicted octanol–water partition coefficient (Wildman–Crippen LogP) is 2.22. The van der Waals surface area contributed by atoms with Crippen molar-refractivity contribution in [1.82, 2.24) is 15.5 Å². The van der Waals surface area contributed by atoms with Gasteiger partial charge in [-0.3, -0.25) is 4.79 Å². The second-order valence-corrected chi connectivity index (χ2v) is 6.11. The molecule has 0 atom stereocenters. The van der Waals surface area contributed by atoms with Gasteiger partial charge in [0.05, 0.1) is 6.42 Å². The van der Waals surface area contributed by atoms with Crippen LogP contribution >= 0.6 is 12.4 Å². The van der Waals surface area contributed by atoms with Crippen LogP contribution in [-0.2, 0) is 11.2 Å². The van der Waals surface area contributed by atoms with Gasteiger partial charge in [0.1, 0.15) is 0 Å². The van der Waals surface area contributed by atoms with Gasteiger partial charge in [-0.05, 0) is 29.3 Å². The molecule has 0 spiro atoms. The molecule has 1 saturated heterocycles. The first-order valence-corrected chi connectivity index (χ1v) is 8.49. The minimum absolute atomic E-state index is 0. The molecule has 5 heteroatoms. The summed E-state index contributed by atoms with van der Waals surface area (Å²) >= 11 is 0. The van der Waals surface area contributed by atoms with Gasteiger partial charge in [0.25, 0.3) is 0 Å². The third-order valence-electron chi connectivity index (χ3n) is 4.41. The van der Waals surface area contributed by atoms with Gasteiger partial charge >= 0.3 is 0 Å². The Kier molecular flexibility index (Phi) is 7.50. The molecule has 1 aliphatic rings. The van der Waals surface area contributed by atoms with E-state index in [2.05, 4.69) is 33.7 Å². The van der Waals surface area contributed by atoms with Crippen molar-refractivity contribution in [3.8, 4) is 0 Å². The molecule has 4 nitrogen and oxygen atoms in total. The molecule has 1 fully saturated rings. The molecule has 0 unspecified atom stereocenters. The fraction of sp³-hybridized carbons (Fsp3) is 0.421. The quantitative estimate of drug-likeness (QED) is 0.787. The maximum atomic E-state index is 12.2. The molecule has 1 heterocycles. The van der Waals surface area contributed by atoms with E-state index in [4.69, 9.17) is 0 Å². The molecule has 0 aromatic heterocycles. The number of hydrogen-bond donors (Lipinski definition) is 2. The van der Waals surface area contributed by atoms with Crippen molar-refractivity contribution in [2.45, 2.75) is 12.8 Å². The fourth-order valence-corrected chi connectivity index (χ4v) is 3.15. The summed E-state index contributed by atoms with van der Waals surface area (Å²) in [7, 11) is 0. The first-order chi connectivity index (χ1) is 11.3. The average molecular weight is 348 g/mol. The van der Waals surface area contributed by atoms with Crippen LogP contribution < -0.4 is 10.6 Å². The van der Waals surface area contributed by atoms with Gasteiger partial charge in [-0.2, -0.15) is 0 Å². The Morgan fingerprint density at radius 3 is 2.67 bits per heavy atom. The highest BCUT2D eigenvalue weighted by molar-refractivity contribution is 5.90.